The highest BCUT2D eigenvalue weighted by atomic mass is 35.5. The third-order valence-electron chi connectivity index (χ3n) is 4.67. The van der Waals surface area contributed by atoms with E-state index in [4.69, 9.17) is 23.2 Å². The Bertz CT molecular complexity index is 1410. The molecule has 0 atom stereocenters. The summed E-state index contributed by atoms with van der Waals surface area (Å²) in [6.45, 7) is 1.22. The minimum absolute atomic E-state index is 0.0206. The van der Waals surface area contributed by atoms with Crippen molar-refractivity contribution >= 4 is 66.2 Å². The molecule has 2 N–H and O–H groups in total. The van der Waals surface area contributed by atoms with Crippen LogP contribution in [0.1, 0.15) is 5.56 Å². The minimum Gasteiger partial charge on any atom is -0.325 e. The molecular formula is C22H21Cl2N3O5S2. The SMILES string of the molecule is Cc1ccc(Cl)cc1N(CC(=O)Nc1ccc(S(=O)(=O)Nc2ccc(Cl)cc2)cc1)S(C)(=O)=O. The van der Waals surface area contributed by atoms with Crippen LogP contribution in [0.3, 0.4) is 0 Å². The number of sulfonamides is 2. The maximum atomic E-state index is 12.6. The van der Waals surface area contributed by atoms with Gasteiger partial charge >= 0.3 is 0 Å². The molecule has 0 aliphatic carbocycles. The Morgan fingerprint density at radius 2 is 1.41 bits per heavy atom. The second kappa shape index (κ2) is 10.2. The van der Waals surface area contributed by atoms with Crippen LogP contribution in [-0.4, -0.2) is 35.5 Å². The molecule has 12 heteroatoms. The summed E-state index contributed by atoms with van der Waals surface area (Å²) in [5, 5.41) is 3.38. The van der Waals surface area contributed by atoms with Gasteiger partial charge in [-0.1, -0.05) is 29.3 Å². The Balaban J connectivity index is 1.73. The number of nitrogens with zero attached hydrogens (tertiary/aromatic N) is 1. The lowest BCUT2D eigenvalue weighted by atomic mass is 10.2. The van der Waals surface area contributed by atoms with E-state index in [0.29, 0.717) is 32.7 Å². The molecule has 3 aromatic carbocycles. The van der Waals surface area contributed by atoms with Gasteiger partial charge in [0.05, 0.1) is 16.8 Å². The number of carbonyl (C=O) groups is 1. The third-order valence-corrected chi connectivity index (χ3v) is 7.68. The number of amides is 1. The summed E-state index contributed by atoms with van der Waals surface area (Å²) in [5.74, 6) is -0.611. The molecule has 8 nitrogen and oxygen atoms in total. The fourth-order valence-corrected chi connectivity index (χ4v) is 5.27. The standard InChI is InChI=1S/C22H21Cl2N3O5S2/c1-15-3-4-17(24)13-21(15)27(33(2,29)30)14-22(28)25-18-9-11-20(12-10-18)34(31,32)26-19-7-5-16(23)6-8-19/h3-13,26H,14H2,1-2H3,(H,25,28). The van der Waals surface area contributed by atoms with Crippen LogP contribution in [0.4, 0.5) is 17.1 Å². The molecular weight excluding hydrogens is 521 g/mol. The van der Waals surface area contributed by atoms with Crippen molar-refractivity contribution in [3.05, 3.63) is 82.3 Å². The summed E-state index contributed by atoms with van der Waals surface area (Å²) in [6.07, 6.45) is 0.994. The minimum atomic E-state index is -3.86. The quantitative estimate of drug-likeness (QED) is 0.435. The Morgan fingerprint density at radius 3 is 2.00 bits per heavy atom. The van der Waals surface area contributed by atoms with E-state index in [1.54, 1.807) is 31.2 Å². The average Bonchev–Trinajstić information content (AvgIpc) is 2.75. The van der Waals surface area contributed by atoms with Gasteiger partial charge < -0.3 is 5.32 Å². The molecule has 180 valence electrons. The normalized spacial score (nSPS) is 11.6. The van der Waals surface area contributed by atoms with Crippen LogP contribution in [0.15, 0.2) is 71.6 Å². The largest absolute Gasteiger partial charge is 0.325 e. The Hall–Kier alpha value is -2.79. The van der Waals surface area contributed by atoms with Gasteiger partial charge in [0.1, 0.15) is 6.54 Å². The number of rotatable bonds is 8. The zero-order valence-electron chi connectivity index (χ0n) is 18.1. The van der Waals surface area contributed by atoms with Crippen LogP contribution >= 0.6 is 23.2 Å². The van der Waals surface area contributed by atoms with E-state index in [2.05, 4.69) is 10.0 Å². The van der Waals surface area contributed by atoms with Crippen molar-refractivity contribution in [3.8, 4) is 0 Å². The highest BCUT2D eigenvalue weighted by Gasteiger charge is 2.23. The molecule has 3 rings (SSSR count). The first-order valence-corrected chi connectivity index (χ1v) is 13.9. The summed E-state index contributed by atoms with van der Waals surface area (Å²) >= 11 is 11.8. The molecule has 3 aromatic rings. The first kappa shape index (κ1) is 25.8. The van der Waals surface area contributed by atoms with Gasteiger partial charge in [-0.05, 0) is 73.2 Å². The molecule has 0 unspecified atom stereocenters. The van der Waals surface area contributed by atoms with Gasteiger partial charge in [-0.2, -0.15) is 0 Å². The van der Waals surface area contributed by atoms with Crippen molar-refractivity contribution in [3.63, 3.8) is 0 Å². The topological polar surface area (TPSA) is 113 Å². The highest BCUT2D eigenvalue weighted by molar-refractivity contribution is 7.92. The molecule has 0 fully saturated rings. The van der Waals surface area contributed by atoms with Crippen LogP contribution in [0.2, 0.25) is 10.0 Å². The maximum Gasteiger partial charge on any atom is 0.261 e. The van der Waals surface area contributed by atoms with Crippen LogP contribution in [-0.2, 0) is 24.8 Å². The summed E-state index contributed by atoms with van der Waals surface area (Å²) in [6, 6.07) is 16.4. The maximum absolute atomic E-state index is 12.6. The summed E-state index contributed by atoms with van der Waals surface area (Å²) in [4.78, 5) is 12.6. The molecule has 0 spiro atoms. The molecule has 0 saturated heterocycles. The van der Waals surface area contributed by atoms with E-state index >= 15 is 0 Å². The van der Waals surface area contributed by atoms with Gasteiger partial charge in [-0.15, -0.1) is 0 Å². The second-order valence-electron chi connectivity index (χ2n) is 7.39. The first-order valence-electron chi connectivity index (χ1n) is 9.77. The van der Waals surface area contributed by atoms with Crippen LogP contribution in [0.25, 0.3) is 0 Å². The zero-order chi connectivity index (χ0) is 25.1. The van der Waals surface area contributed by atoms with Crippen LogP contribution in [0.5, 0.6) is 0 Å². The lowest BCUT2D eigenvalue weighted by molar-refractivity contribution is -0.114. The Kier molecular flexibility index (Phi) is 7.77. The fraction of sp³-hybridized carbons (Fsp3) is 0.136. The highest BCUT2D eigenvalue weighted by Crippen LogP contribution is 2.26. The summed E-state index contributed by atoms with van der Waals surface area (Å²) in [5.41, 5.74) is 1.57. The lowest BCUT2D eigenvalue weighted by Gasteiger charge is -2.23. The molecule has 34 heavy (non-hydrogen) atoms. The second-order valence-corrected chi connectivity index (χ2v) is 11.8. The van der Waals surface area contributed by atoms with Gasteiger partial charge in [0.25, 0.3) is 10.0 Å². The van der Waals surface area contributed by atoms with Crippen molar-refractivity contribution in [1.29, 1.82) is 0 Å². The van der Waals surface area contributed by atoms with Crippen LogP contribution in [0, 0.1) is 6.92 Å². The fourth-order valence-electron chi connectivity index (χ4n) is 3.01. The Morgan fingerprint density at radius 1 is 0.853 bits per heavy atom. The van der Waals surface area contributed by atoms with Crippen molar-refractivity contribution in [2.45, 2.75) is 11.8 Å². The number of hydrogen-bond donors (Lipinski definition) is 2. The van der Waals surface area contributed by atoms with Crippen molar-refractivity contribution in [2.24, 2.45) is 0 Å². The van der Waals surface area contributed by atoms with Gasteiger partial charge in [0.15, 0.2) is 0 Å². The van der Waals surface area contributed by atoms with E-state index in [1.807, 2.05) is 0 Å². The van der Waals surface area contributed by atoms with E-state index < -0.39 is 32.5 Å². The number of anilines is 3. The van der Waals surface area contributed by atoms with E-state index in [0.717, 1.165) is 10.6 Å². The molecule has 0 heterocycles. The third kappa shape index (κ3) is 6.63. The number of benzene rings is 3. The van der Waals surface area contributed by atoms with E-state index in [9.17, 15) is 21.6 Å². The molecule has 0 aromatic heterocycles. The summed E-state index contributed by atoms with van der Waals surface area (Å²) in [7, 11) is -7.65. The lowest BCUT2D eigenvalue weighted by Crippen LogP contribution is -2.37. The molecule has 1 amide bonds. The van der Waals surface area contributed by atoms with Gasteiger partial charge in [-0.25, -0.2) is 16.8 Å². The molecule has 0 saturated carbocycles. The Labute approximate surface area is 208 Å². The zero-order valence-corrected chi connectivity index (χ0v) is 21.3. The van der Waals surface area contributed by atoms with Gasteiger partial charge in [0, 0.05) is 21.4 Å². The number of aryl methyl sites for hydroxylation is 1. The molecule has 0 radical (unpaired) electrons. The van der Waals surface area contributed by atoms with Crippen LogP contribution < -0.4 is 14.3 Å². The van der Waals surface area contributed by atoms with E-state index in [-0.39, 0.29) is 4.90 Å². The predicted molar refractivity (Wildman–Crippen MR) is 136 cm³/mol. The first-order chi connectivity index (χ1) is 15.8. The van der Waals surface area contributed by atoms with Crippen molar-refractivity contribution in [1.82, 2.24) is 0 Å². The predicted octanol–water partition coefficient (Wildman–Crippen LogP) is 4.51. The number of halogens is 2. The van der Waals surface area contributed by atoms with Gasteiger partial charge in [0.2, 0.25) is 15.9 Å². The molecule has 0 bridgehead atoms. The number of hydrogen-bond acceptors (Lipinski definition) is 5. The monoisotopic (exact) mass is 541 g/mol. The van der Waals surface area contributed by atoms with Gasteiger partial charge in [-0.3, -0.25) is 13.8 Å². The average molecular weight is 542 g/mol. The molecule has 0 aliphatic rings. The van der Waals surface area contributed by atoms with Crippen molar-refractivity contribution in [2.75, 3.05) is 27.1 Å². The summed E-state index contributed by atoms with van der Waals surface area (Å²) < 4.78 is 53.2. The number of carbonyl (C=O) groups excluding carboxylic acids is 1. The smallest absolute Gasteiger partial charge is 0.261 e. The van der Waals surface area contributed by atoms with E-state index in [1.165, 1.54) is 42.5 Å². The number of nitrogens with one attached hydrogen (secondary N) is 2. The molecule has 0 aliphatic heterocycles. The van der Waals surface area contributed by atoms with Crippen molar-refractivity contribution < 1.29 is 21.6 Å².